The average molecular weight is 423 g/mol. The lowest BCUT2D eigenvalue weighted by molar-refractivity contribution is 0.0517. The Bertz CT molecular complexity index is 1430. The molecule has 7 heteroatoms. The van der Waals surface area contributed by atoms with Gasteiger partial charge in [0.1, 0.15) is 5.69 Å². The van der Waals surface area contributed by atoms with E-state index in [1.165, 1.54) is 0 Å². The normalized spacial score (nSPS) is 15.3. The van der Waals surface area contributed by atoms with Crippen LogP contribution in [-0.4, -0.2) is 50.0 Å². The van der Waals surface area contributed by atoms with Gasteiger partial charge in [-0.2, -0.15) is 5.10 Å². The highest BCUT2D eigenvalue weighted by Crippen LogP contribution is 2.38. The standard InChI is InChI=1S/C25H17N3O4/c29-14(12-27-24(31)17-8-3-4-9-18(17)25(27)32)13-28-20-11-5-10-19-21(20)22(26-28)15-6-1-2-7-16(15)23(19)30/h1-11,14,29H,12-13H2/t14-/m0/s1. The molecule has 3 aromatic carbocycles. The molecule has 1 aliphatic heterocycles. The van der Waals surface area contributed by atoms with Crippen molar-refractivity contribution in [1.82, 2.24) is 14.7 Å². The zero-order valence-electron chi connectivity index (χ0n) is 16.9. The number of amides is 2. The molecule has 1 aliphatic carbocycles. The molecule has 6 rings (SSSR count). The summed E-state index contributed by atoms with van der Waals surface area (Å²) in [4.78, 5) is 39.3. The zero-order chi connectivity index (χ0) is 22.0. The molecule has 2 amide bonds. The number of carbonyl (C=O) groups excluding carboxylic acids is 3. The third-order valence-electron chi connectivity index (χ3n) is 6.10. The molecule has 0 spiro atoms. The van der Waals surface area contributed by atoms with Crippen molar-refractivity contribution in [3.63, 3.8) is 0 Å². The van der Waals surface area contributed by atoms with E-state index >= 15 is 0 Å². The molecule has 0 saturated carbocycles. The maximum Gasteiger partial charge on any atom is 0.261 e. The Balaban J connectivity index is 1.34. The highest BCUT2D eigenvalue weighted by atomic mass is 16.3. The molecule has 0 bridgehead atoms. The van der Waals surface area contributed by atoms with E-state index in [-0.39, 0.29) is 18.9 Å². The number of rotatable bonds is 4. The largest absolute Gasteiger partial charge is 0.389 e. The number of imide groups is 1. The van der Waals surface area contributed by atoms with Crippen LogP contribution < -0.4 is 0 Å². The smallest absolute Gasteiger partial charge is 0.261 e. The first-order chi connectivity index (χ1) is 15.5. The number of benzene rings is 3. The summed E-state index contributed by atoms with van der Waals surface area (Å²) < 4.78 is 1.65. The predicted molar refractivity (Wildman–Crippen MR) is 116 cm³/mol. The first kappa shape index (κ1) is 18.7. The Kier molecular flexibility index (Phi) is 3.90. The number of hydrogen-bond acceptors (Lipinski definition) is 5. The lowest BCUT2D eigenvalue weighted by Crippen LogP contribution is -2.38. The van der Waals surface area contributed by atoms with Crippen LogP contribution >= 0.6 is 0 Å². The second-order valence-corrected chi connectivity index (χ2v) is 8.03. The predicted octanol–water partition coefficient (Wildman–Crippen LogP) is 2.90. The van der Waals surface area contributed by atoms with Gasteiger partial charge in [-0.1, -0.05) is 48.5 Å². The second-order valence-electron chi connectivity index (χ2n) is 8.03. The Hall–Kier alpha value is -4.10. The monoisotopic (exact) mass is 423 g/mol. The fraction of sp³-hybridized carbons (Fsp3) is 0.120. The van der Waals surface area contributed by atoms with Gasteiger partial charge >= 0.3 is 0 Å². The molecule has 1 atom stereocenters. The van der Waals surface area contributed by atoms with Crippen molar-refractivity contribution in [1.29, 1.82) is 0 Å². The summed E-state index contributed by atoms with van der Waals surface area (Å²) in [6.07, 6.45) is -1.02. The van der Waals surface area contributed by atoms with Crippen LogP contribution in [0.15, 0.2) is 66.7 Å². The molecule has 7 nitrogen and oxygen atoms in total. The van der Waals surface area contributed by atoms with E-state index in [9.17, 15) is 19.5 Å². The van der Waals surface area contributed by atoms with Crippen LogP contribution in [0.2, 0.25) is 0 Å². The van der Waals surface area contributed by atoms with Crippen molar-refractivity contribution in [3.8, 4) is 11.3 Å². The van der Waals surface area contributed by atoms with Gasteiger partial charge in [-0.15, -0.1) is 0 Å². The van der Waals surface area contributed by atoms with E-state index in [1.54, 1.807) is 47.1 Å². The first-order valence-corrected chi connectivity index (χ1v) is 10.3. The van der Waals surface area contributed by atoms with Crippen molar-refractivity contribution < 1.29 is 19.5 Å². The zero-order valence-corrected chi connectivity index (χ0v) is 16.9. The van der Waals surface area contributed by atoms with Gasteiger partial charge in [-0.3, -0.25) is 24.0 Å². The topological polar surface area (TPSA) is 92.5 Å². The molecule has 1 aromatic heterocycles. The SMILES string of the molecule is O=C1c2ccccc2-c2nn(C[C@@H](O)CN3C(=O)c4ccccc4C3=O)c3cccc1c23. The minimum atomic E-state index is -1.02. The summed E-state index contributed by atoms with van der Waals surface area (Å²) >= 11 is 0. The number of fused-ring (bicyclic) bond motifs is 3. The number of ketones is 1. The first-order valence-electron chi connectivity index (χ1n) is 10.3. The molecule has 2 aliphatic rings. The molecule has 0 radical (unpaired) electrons. The fourth-order valence-corrected chi connectivity index (χ4v) is 4.65. The van der Waals surface area contributed by atoms with Crippen LogP contribution in [0.5, 0.6) is 0 Å². The maximum atomic E-state index is 13.0. The lowest BCUT2D eigenvalue weighted by atomic mass is 9.87. The molecule has 2 heterocycles. The van der Waals surface area contributed by atoms with Crippen molar-refractivity contribution in [3.05, 3.63) is 89.0 Å². The Morgan fingerprint density at radius 2 is 1.31 bits per heavy atom. The summed E-state index contributed by atoms with van der Waals surface area (Å²) in [6, 6.07) is 19.4. The molecule has 0 unspecified atom stereocenters. The van der Waals surface area contributed by atoms with Gasteiger partial charge < -0.3 is 5.11 Å². The van der Waals surface area contributed by atoms with Gasteiger partial charge in [0.05, 0.1) is 35.8 Å². The molecular weight excluding hydrogens is 406 g/mol. The summed E-state index contributed by atoms with van der Waals surface area (Å²) in [5.41, 5.74) is 4.06. The van der Waals surface area contributed by atoms with Gasteiger partial charge in [0.15, 0.2) is 5.78 Å². The van der Waals surface area contributed by atoms with Crippen molar-refractivity contribution in [2.75, 3.05) is 6.54 Å². The number of aromatic nitrogens is 2. The molecule has 4 aromatic rings. The van der Waals surface area contributed by atoms with Crippen LogP contribution in [0.4, 0.5) is 0 Å². The van der Waals surface area contributed by atoms with Gasteiger partial charge in [0, 0.05) is 22.1 Å². The number of β-amino-alcohol motifs (C(OH)–C–C–N with tert-alkyl or cyclic N) is 1. The van der Waals surface area contributed by atoms with Gasteiger partial charge in [-0.05, 0) is 18.2 Å². The highest BCUT2D eigenvalue weighted by molar-refractivity contribution is 6.25. The molecule has 32 heavy (non-hydrogen) atoms. The van der Waals surface area contributed by atoms with Crippen molar-refractivity contribution >= 4 is 28.5 Å². The van der Waals surface area contributed by atoms with Crippen LogP contribution in [0.25, 0.3) is 22.2 Å². The molecular formula is C25H17N3O4. The summed E-state index contributed by atoms with van der Waals surface area (Å²) in [5.74, 6) is -0.865. The molecule has 1 N–H and O–H groups in total. The van der Waals surface area contributed by atoms with E-state index in [2.05, 4.69) is 0 Å². The minimum Gasteiger partial charge on any atom is -0.389 e. The third kappa shape index (κ3) is 2.52. The van der Waals surface area contributed by atoms with Gasteiger partial charge in [0.2, 0.25) is 0 Å². The molecule has 0 fully saturated rings. The van der Waals surface area contributed by atoms with Crippen LogP contribution in [0.1, 0.15) is 36.6 Å². The second kappa shape index (κ2) is 6.70. The fourth-order valence-electron chi connectivity index (χ4n) is 4.65. The van der Waals surface area contributed by atoms with Gasteiger partial charge in [0.25, 0.3) is 11.8 Å². The number of aliphatic hydroxyl groups excluding tert-OH is 1. The van der Waals surface area contributed by atoms with E-state index < -0.39 is 17.9 Å². The van der Waals surface area contributed by atoms with E-state index in [4.69, 9.17) is 5.10 Å². The summed E-state index contributed by atoms with van der Waals surface area (Å²) in [7, 11) is 0. The highest BCUT2D eigenvalue weighted by Gasteiger charge is 2.36. The molecule has 0 saturated heterocycles. The molecule has 156 valence electrons. The quantitative estimate of drug-likeness (QED) is 0.449. The lowest BCUT2D eigenvalue weighted by Gasteiger charge is -2.18. The third-order valence-corrected chi connectivity index (χ3v) is 6.10. The summed E-state index contributed by atoms with van der Waals surface area (Å²) in [6.45, 7) is -0.0675. The van der Waals surface area contributed by atoms with Crippen LogP contribution in [0, 0.1) is 0 Å². The van der Waals surface area contributed by atoms with Crippen molar-refractivity contribution in [2.45, 2.75) is 12.6 Å². The number of aliphatic hydroxyl groups is 1. The van der Waals surface area contributed by atoms with Crippen LogP contribution in [-0.2, 0) is 6.54 Å². The Morgan fingerprint density at radius 1 is 0.719 bits per heavy atom. The van der Waals surface area contributed by atoms with Crippen molar-refractivity contribution in [2.24, 2.45) is 0 Å². The van der Waals surface area contributed by atoms with Crippen LogP contribution in [0.3, 0.4) is 0 Å². The van der Waals surface area contributed by atoms with E-state index in [1.807, 2.05) is 24.3 Å². The summed E-state index contributed by atoms with van der Waals surface area (Å²) in [5, 5.41) is 16.2. The number of carbonyl (C=O) groups is 3. The number of nitrogens with zero attached hydrogens (tertiary/aromatic N) is 3. The number of hydrogen-bond donors (Lipinski definition) is 1. The maximum absolute atomic E-state index is 13.0. The Labute approximate surface area is 182 Å². The van der Waals surface area contributed by atoms with E-state index in [0.717, 1.165) is 21.4 Å². The van der Waals surface area contributed by atoms with Gasteiger partial charge in [-0.25, -0.2) is 0 Å². The Morgan fingerprint density at radius 3 is 2.00 bits per heavy atom. The average Bonchev–Trinajstić information content (AvgIpc) is 3.29. The minimum absolute atomic E-state index is 0.0511. The van der Waals surface area contributed by atoms with E-state index in [0.29, 0.717) is 27.9 Å².